The highest BCUT2D eigenvalue weighted by molar-refractivity contribution is 7.89. The lowest BCUT2D eigenvalue weighted by atomic mass is 10.2. The maximum Gasteiger partial charge on any atom is 0.322 e. The van der Waals surface area contributed by atoms with E-state index in [9.17, 15) is 18.3 Å². The van der Waals surface area contributed by atoms with Crippen molar-refractivity contribution in [3.63, 3.8) is 0 Å². The van der Waals surface area contributed by atoms with Crippen LogP contribution in [0.25, 0.3) is 0 Å². The Labute approximate surface area is 112 Å². The largest absolute Gasteiger partial charge is 0.480 e. The molecule has 0 spiro atoms. The molecule has 7 nitrogen and oxygen atoms in total. The van der Waals surface area contributed by atoms with Gasteiger partial charge in [0, 0.05) is 33.3 Å². The normalized spacial score (nSPS) is 30.6. The summed E-state index contributed by atoms with van der Waals surface area (Å²) in [4.78, 5) is 11.2. The Bertz CT molecular complexity index is 430. The van der Waals surface area contributed by atoms with E-state index in [1.807, 2.05) is 0 Å². The summed E-state index contributed by atoms with van der Waals surface area (Å²) in [5, 5.41) is 8.63. The summed E-state index contributed by atoms with van der Waals surface area (Å²) in [6.07, 6.45) is 0.690. The van der Waals surface area contributed by atoms with Gasteiger partial charge in [-0.25, -0.2) is 8.42 Å². The molecule has 2 saturated heterocycles. The summed E-state index contributed by atoms with van der Waals surface area (Å²) < 4.78 is 36.4. The van der Waals surface area contributed by atoms with Crippen molar-refractivity contribution in [1.82, 2.24) is 4.31 Å². The highest BCUT2D eigenvalue weighted by atomic mass is 32.2. The van der Waals surface area contributed by atoms with Crippen LogP contribution in [-0.4, -0.2) is 68.1 Å². The third kappa shape index (κ3) is 2.91. The lowest BCUT2D eigenvalue weighted by Gasteiger charge is -2.29. The van der Waals surface area contributed by atoms with Gasteiger partial charge >= 0.3 is 5.97 Å². The van der Waals surface area contributed by atoms with E-state index in [0.29, 0.717) is 26.1 Å². The summed E-state index contributed by atoms with van der Waals surface area (Å²) in [7, 11) is -2.14. The van der Waals surface area contributed by atoms with Crippen LogP contribution in [-0.2, 0) is 24.3 Å². The van der Waals surface area contributed by atoms with Gasteiger partial charge in [0.15, 0.2) is 0 Å². The number of carbonyl (C=O) groups is 1. The molecule has 2 rings (SSSR count). The minimum atomic E-state index is -3.61. The van der Waals surface area contributed by atoms with Crippen LogP contribution < -0.4 is 0 Å². The first-order valence-electron chi connectivity index (χ1n) is 6.30. The zero-order valence-corrected chi connectivity index (χ0v) is 11.6. The number of rotatable bonds is 4. The average molecular weight is 293 g/mol. The molecule has 0 radical (unpaired) electrons. The van der Waals surface area contributed by atoms with Crippen LogP contribution in [0.15, 0.2) is 0 Å². The number of carboxylic acids is 1. The van der Waals surface area contributed by atoms with Crippen LogP contribution in [0.2, 0.25) is 0 Å². The molecule has 0 amide bonds. The van der Waals surface area contributed by atoms with Crippen molar-refractivity contribution in [1.29, 1.82) is 0 Å². The first-order chi connectivity index (χ1) is 8.96. The summed E-state index contributed by atoms with van der Waals surface area (Å²) in [6.45, 7) is 0.930. The highest BCUT2D eigenvalue weighted by Gasteiger charge is 2.46. The molecular weight excluding hydrogens is 274 g/mol. The molecule has 0 aromatic rings. The maximum absolute atomic E-state index is 12.5. The second kappa shape index (κ2) is 5.74. The molecule has 2 aliphatic rings. The van der Waals surface area contributed by atoms with Gasteiger partial charge in [-0.2, -0.15) is 4.31 Å². The van der Waals surface area contributed by atoms with E-state index in [-0.39, 0.29) is 19.1 Å². The van der Waals surface area contributed by atoms with Gasteiger partial charge < -0.3 is 14.6 Å². The van der Waals surface area contributed by atoms with Crippen molar-refractivity contribution in [2.75, 3.05) is 26.9 Å². The van der Waals surface area contributed by atoms with Crippen molar-refractivity contribution in [2.24, 2.45) is 0 Å². The summed E-state index contributed by atoms with van der Waals surface area (Å²) in [6, 6.07) is -1.02. The van der Waals surface area contributed by atoms with Crippen LogP contribution in [0.1, 0.15) is 19.3 Å². The van der Waals surface area contributed by atoms with Crippen LogP contribution >= 0.6 is 0 Å². The van der Waals surface area contributed by atoms with E-state index in [1.165, 1.54) is 7.11 Å². The summed E-state index contributed by atoms with van der Waals surface area (Å²) in [5.41, 5.74) is 0. The monoisotopic (exact) mass is 293 g/mol. The molecule has 0 bridgehead atoms. The summed E-state index contributed by atoms with van der Waals surface area (Å²) >= 11 is 0. The molecule has 0 saturated carbocycles. The highest BCUT2D eigenvalue weighted by Crippen LogP contribution is 2.28. The molecule has 0 aromatic carbocycles. The van der Waals surface area contributed by atoms with Crippen LogP contribution in [0.5, 0.6) is 0 Å². The molecule has 2 aliphatic heterocycles. The Kier molecular flexibility index (Phi) is 4.44. The fourth-order valence-corrected chi connectivity index (χ4v) is 4.69. The fourth-order valence-electron chi connectivity index (χ4n) is 2.61. The number of methoxy groups -OCH3 is 1. The summed E-state index contributed by atoms with van der Waals surface area (Å²) in [5.74, 6) is -1.12. The number of nitrogens with zero attached hydrogens (tertiary/aromatic N) is 1. The predicted octanol–water partition coefficient (Wildman–Crippen LogP) is -0.331. The van der Waals surface area contributed by atoms with E-state index in [2.05, 4.69) is 0 Å². The fraction of sp³-hybridized carbons (Fsp3) is 0.909. The standard InChI is InChI=1S/C11H19NO6S/c1-17-8-6-10(11(13)14)12(7-8)19(15,16)9-2-4-18-5-3-9/h8-10H,2-7H2,1H3,(H,13,14). The molecule has 0 aromatic heterocycles. The van der Waals surface area contributed by atoms with Crippen molar-refractivity contribution < 1.29 is 27.8 Å². The van der Waals surface area contributed by atoms with Crippen molar-refractivity contribution >= 4 is 16.0 Å². The van der Waals surface area contributed by atoms with E-state index in [1.54, 1.807) is 0 Å². The van der Waals surface area contributed by atoms with Gasteiger partial charge in [-0.1, -0.05) is 0 Å². The van der Waals surface area contributed by atoms with E-state index >= 15 is 0 Å². The quantitative estimate of drug-likeness (QED) is 0.763. The van der Waals surface area contributed by atoms with Crippen molar-refractivity contribution in [2.45, 2.75) is 36.7 Å². The number of ether oxygens (including phenoxy) is 2. The van der Waals surface area contributed by atoms with Crippen LogP contribution in [0, 0.1) is 0 Å². The maximum atomic E-state index is 12.5. The minimum absolute atomic E-state index is 0.118. The van der Waals surface area contributed by atoms with Gasteiger partial charge in [0.25, 0.3) is 0 Å². The number of aliphatic carboxylic acids is 1. The Morgan fingerprint density at radius 3 is 2.53 bits per heavy atom. The zero-order chi connectivity index (χ0) is 14.0. The number of sulfonamides is 1. The Balaban J connectivity index is 2.19. The number of carboxylic acid groups (broad SMARTS) is 1. The minimum Gasteiger partial charge on any atom is -0.480 e. The van der Waals surface area contributed by atoms with Gasteiger partial charge in [-0.15, -0.1) is 0 Å². The smallest absolute Gasteiger partial charge is 0.322 e. The number of hydrogen-bond donors (Lipinski definition) is 1. The van der Waals surface area contributed by atoms with Crippen molar-refractivity contribution in [3.05, 3.63) is 0 Å². The second-order valence-electron chi connectivity index (χ2n) is 4.87. The lowest BCUT2D eigenvalue weighted by molar-refractivity contribution is -0.140. The number of hydrogen-bond acceptors (Lipinski definition) is 5. The molecule has 110 valence electrons. The average Bonchev–Trinajstić information content (AvgIpc) is 2.85. The molecule has 0 aliphatic carbocycles. The molecular formula is C11H19NO6S. The van der Waals surface area contributed by atoms with E-state index in [0.717, 1.165) is 4.31 Å². The third-order valence-corrected chi connectivity index (χ3v) is 6.12. The third-order valence-electron chi connectivity index (χ3n) is 3.75. The Hall–Kier alpha value is -0.700. The predicted molar refractivity (Wildman–Crippen MR) is 66.3 cm³/mol. The van der Waals surface area contributed by atoms with Crippen molar-refractivity contribution in [3.8, 4) is 0 Å². The van der Waals surface area contributed by atoms with Crippen LogP contribution in [0.3, 0.4) is 0 Å². The SMILES string of the molecule is COC1CC(C(=O)O)N(S(=O)(=O)C2CCOCC2)C1. The van der Waals surface area contributed by atoms with Gasteiger partial charge in [0.05, 0.1) is 11.4 Å². The molecule has 19 heavy (non-hydrogen) atoms. The lowest BCUT2D eigenvalue weighted by Crippen LogP contribution is -2.46. The second-order valence-corrected chi connectivity index (χ2v) is 7.04. The van der Waals surface area contributed by atoms with E-state index < -0.39 is 27.3 Å². The molecule has 1 N–H and O–H groups in total. The van der Waals surface area contributed by atoms with E-state index in [4.69, 9.17) is 9.47 Å². The Morgan fingerprint density at radius 1 is 1.37 bits per heavy atom. The van der Waals surface area contributed by atoms with Gasteiger partial charge in [0.1, 0.15) is 6.04 Å². The van der Waals surface area contributed by atoms with Gasteiger partial charge in [-0.3, -0.25) is 4.79 Å². The Morgan fingerprint density at radius 2 is 2.00 bits per heavy atom. The first-order valence-corrected chi connectivity index (χ1v) is 7.81. The first kappa shape index (κ1) is 14.7. The molecule has 8 heteroatoms. The van der Waals surface area contributed by atoms with Crippen LogP contribution in [0.4, 0.5) is 0 Å². The zero-order valence-electron chi connectivity index (χ0n) is 10.8. The molecule has 2 heterocycles. The molecule has 2 atom stereocenters. The molecule has 2 unspecified atom stereocenters. The molecule has 2 fully saturated rings. The van der Waals surface area contributed by atoms with Gasteiger partial charge in [-0.05, 0) is 12.8 Å². The topological polar surface area (TPSA) is 93.1 Å². The van der Waals surface area contributed by atoms with Gasteiger partial charge in [0.2, 0.25) is 10.0 Å².